The number of fused-ring (bicyclic) bond motifs is 1. The summed E-state index contributed by atoms with van der Waals surface area (Å²) in [6.45, 7) is 3.99. The van der Waals surface area contributed by atoms with Crippen LogP contribution in [0.1, 0.15) is 12.1 Å². The van der Waals surface area contributed by atoms with Crippen molar-refractivity contribution in [2.24, 2.45) is 5.10 Å². The normalized spacial score (nSPS) is 20.3. The third kappa shape index (κ3) is 3.14. The molecule has 7 heteroatoms. The smallest absolute Gasteiger partial charge is 0.189 e. The molecule has 0 spiro atoms. The molecule has 2 aliphatic rings. The molecule has 2 aliphatic heterocycles. The average molecular weight is 305 g/mol. The minimum Gasteiger partial charge on any atom is -0.378 e. The van der Waals surface area contributed by atoms with E-state index in [1.165, 1.54) is 0 Å². The van der Waals surface area contributed by atoms with Gasteiger partial charge in [0.2, 0.25) is 0 Å². The van der Waals surface area contributed by atoms with Crippen LogP contribution >= 0.6 is 12.2 Å². The summed E-state index contributed by atoms with van der Waals surface area (Å²) in [6, 6.07) is 4.02. The van der Waals surface area contributed by atoms with Crippen molar-refractivity contribution < 1.29 is 4.74 Å². The van der Waals surface area contributed by atoms with Crippen molar-refractivity contribution >= 4 is 28.7 Å². The van der Waals surface area contributed by atoms with Gasteiger partial charge in [-0.2, -0.15) is 5.10 Å². The maximum absolute atomic E-state index is 5.39. The van der Waals surface area contributed by atoms with Crippen molar-refractivity contribution in [3.8, 4) is 0 Å². The molecule has 0 bridgehead atoms. The molecule has 6 nitrogen and oxygen atoms in total. The molecule has 1 N–H and O–H groups in total. The van der Waals surface area contributed by atoms with Crippen LogP contribution in [0.4, 0.5) is 5.69 Å². The number of hydrogen-bond acceptors (Lipinski definition) is 5. The second-order valence-corrected chi connectivity index (χ2v) is 5.50. The average Bonchev–Trinajstić information content (AvgIpc) is 2.55. The number of rotatable bonds is 1. The number of nitrogens with zero attached hydrogens (tertiary/aromatic N) is 4. The fraction of sp³-hybridized carbons (Fsp3) is 0.500. The lowest BCUT2D eigenvalue weighted by Gasteiger charge is -2.29. The van der Waals surface area contributed by atoms with Crippen molar-refractivity contribution in [1.82, 2.24) is 15.3 Å². The molecule has 21 heavy (non-hydrogen) atoms. The first-order valence-electron chi connectivity index (χ1n) is 7.11. The van der Waals surface area contributed by atoms with E-state index in [2.05, 4.69) is 38.4 Å². The molecule has 0 radical (unpaired) electrons. The van der Waals surface area contributed by atoms with Crippen LogP contribution in [0.3, 0.4) is 0 Å². The predicted octanol–water partition coefficient (Wildman–Crippen LogP) is 0.832. The summed E-state index contributed by atoms with van der Waals surface area (Å²) in [5, 5.41) is 5.14. The van der Waals surface area contributed by atoms with E-state index < -0.39 is 0 Å². The highest BCUT2D eigenvalue weighted by Gasteiger charge is 2.20. The second kappa shape index (κ2) is 6.36. The summed E-state index contributed by atoms with van der Waals surface area (Å²) >= 11 is 5.39. The first-order valence-corrected chi connectivity index (χ1v) is 7.52. The predicted molar refractivity (Wildman–Crippen MR) is 86.8 cm³/mol. The fourth-order valence-electron chi connectivity index (χ4n) is 2.50. The SMILES string of the molecule is CN1CC/C(=N/NC(=S)N2CCOCC2)c2ncccc21. The monoisotopic (exact) mass is 305 g/mol. The van der Waals surface area contributed by atoms with E-state index in [0.717, 1.165) is 43.1 Å². The highest BCUT2D eigenvalue weighted by atomic mass is 32.1. The van der Waals surface area contributed by atoms with Crippen LogP contribution in [-0.2, 0) is 4.74 Å². The van der Waals surface area contributed by atoms with Crippen LogP contribution in [0, 0.1) is 0 Å². The summed E-state index contributed by atoms with van der Waals surface area (Å²) in [5.41, 5.74) is 6.01. The van der Waals surface area contributed by atoms with Gasteiger partial charge in [0.15, 0.2) is 5.11 Å². The molecule has 0 atom stereocenters. The molecule has 0 unspecified atom stereocenters. The maximum atomic E-state index is 5.39. The quantitative estimate of drug-likeness (QED) is 0.613. The van der Waals surface area contributed by atoms with Crippen LogP contribution < -0.4 is 10.3 Å². The number of morpholine rings is 1. The van der Waals surface area contributed by atoms with Gasteiger partial charge in [-0.1, -0.05) is 0 Å². The number of ether oxygens (including phenoxy) is 1. The molecule has 1 aromatic rings. The second-order valence-electron chi connectivity index (χ2n) is 5.12. The van der Waals surface area contributed by atoms with Gasteiger partial charge in [0.25, 0.3) is 0 Å². The Morgan fingerprint density at radius 2 is 2.19 bits per heavy atom. The fourth-order valence-corrected chi connectivity index (χ4v) is 2.73. The van der Waals surface area contributed by atoms with E-state index in [1.54, 1.807) is 6.20 Å². The summed E-state index contributed by atoms with van der Waals surface area (Å²) in [4.78, 5) is 8.73. The first kappa shape index (κ1) is 14.2. The van der Waals surface area contributed by atoms with Gasteiger partial charge in [-0.15, -0.1) is 0 Å². The van der Waals surface area contributed by atoms with Crippen molar-refractivity contribution in [3.63, 3.8) is 0 Å². The first-order chi connectivity index (χ1) is 10.3. The lowest BCUT2D eigenvalue weighted by Crippen LogP contribution is -2.45. The third-order valence-electron chi connectivity index (χ3n) is 3.74. The number of hydrogen-bond donors (Lipinski definition) is 1. The molecule has 0 amide bonds. The van der Waals surface area contributed by atoms with Crippen molar-refractivity contribution in [2.45, 2.75) is 6.42 Å². The van der Waals surface area contributed by atoms with E-state index in [4.69, 9.17) is 17.0 Å². The van der Waals surface area contributed by atoms with Gasteiger partial charge in [0, 0.05) is 39.3 Å². The maximum Gasteiger partial charge on any atom is 0.189 e. The Kier molecular flexibility index (Phi) is 4.31. The zero-order valence-electron chi connectivity index (χ0n) is 12.1. The van der Waals surface area contributed by atoms with Crippen LogP contribution in [0.25, 0.3) is 0 Å². The van der Waals surface area contributed by atoms with E-state index in [1.807, 2.05) is 6.07 Å². The largest absolute Gasteiger partial charge is 0.378 e. The van der Waals surface area contributed by atoms with Crippen LogP contribution in [0.15, 0.2) is 23.4 Å². The van der Waals surface area contributed by atoms with Crippen molar-refractivity contribution in [1.29, 1.82) is 0 Å². The van der Waals surface area contributed by atoms with E-state index >= 15 is 0 Å². The summed E-state index contributed by atoms with van der Waals surface area (Å²) in [6.07, 6.45) is 2.66. The molecule has 3 rings (SSSR count). The Labute approximate surface area is 129 Å². The number of pyridine rings is 1. The number of nitrogens with one attached hydrogen (secondary N) is 1. The van der Waals surface area contributed by atoms with Crippen LogP contribution in [0.2, 0.25) is 0 Å². The topological polar surface area (TPSA) is 53.0 Å². The molecule has 0 saturated carbocycles. The van der Waals surface area contributed by atoms with Crippen LogP contribution in [-0.4, -0.2) is 60.6 Å². The molecule has 0 aliphatic carbocycles. The number of hydrazone groups is 1. The van der Waals surface area contributed by atoms with Crippen LogP contribution in [0.5, 0.6) is 0 Å². The lowest BCUT2D eigenvalue weighted by atomic mass is 10.1. The van der Waals surface area contributed by atoms with Crippen molar-refractivity contribution in [2.75, 3.05) is 44.8 Å². The highest BCUT2D eigenvalue weighted by Crippen LogP contribution is 2.23. The number of anilines is 1. The minimum absolute atomic E-state index is 0.655. The Hall–Kier alpha value is -1.73. The molecule has 112 valence electrons. The Bertz CT molecular complexity index is 556. The molecule has 3 heterocycles. The van der Waals surface area contributed by atoms with E-state index in [-0.39, 0.29) is 0 Å². The Morgan fingerprint density at radius 1 is 1.38 bits per heavy atom. The molecule has 1 fully saturated rings. The number of thiocarbonyl (C=S) groups is 1. The zero-order chi connectivity index (χ0) is 14.7. The summed E-state index contributed by atoms with van der Waals surface area (Å²) < 4.78 is 5.32. The van der Waals surface area contributed by atoms with Gasteiger partial charge in [0.1, 0.15) is 5.69 Å². The van der Waals surface area contributed by atoms with Gasteiger partial charge in [0.05, 0.1) is 24.6 Å². The van der Waals surface area contributed by atoms with Gasteiger partial charge >= 0.3 is 0 Å². The molecular formula is C14H19N5OS. The lowest BCUT2D eigenvalue weighted by molar-refractivity contribution is 0.0677. The van der Waals surface area contributed by atoms with E-state index in [0.29, 0.717) is 18.3 Å². The van der Waals surface area contributed by atoms with Gasteiger partial charge in [-0.25, -0.2) is 0 Å². The summed E-state index contributed by atoms with van der Waals surface area (Å²) in [5.74, 6) is 0. The Balaban J connectivity index is 1.72. The van der Waals surface area contributed by atoms with E-state index in [9.17, 15) is 0 Å². The Morgan fingerprint density at radius 3 is 3.00 bits per heavy atom. The highest BCUT2D eigenvalue weighted by molar-refractivity contribution is 7.80. The molecule has 1 saturated heterocycles. The van der Waals surface area contributed by atoms with Gasteiger partial charge in [-0.3, -0.25) is 10.4 Å². The third-order valence-corrected chi connectivity index (χ3v) is 4.09. The zero-order valence-corrected chi connectivity index (χ0v) is 12.9. The van der Waals surface area contributed by atoms with Gasteiger partial charge < -0.3 is 14.5 Å². The van der Waals surface area contributed by atoms with Gasteiger partial charge in [-0.05, 0) is 24.4 Å². The molecule has 1 aromatic heterocycles. The van der Waals surface area contributed by atoms with Crippen molar-refractivity contribution in [3.05, 3.63) is 24.0 Å². The molecule has 0 aromatic carbocycles. The molecular weight excluding hydrogens is 286 g/mol. The minimum atomic E-state index is 0.655. The standard InChI is InChI=1S/C14H19N5OS/c1-18-6-4-11(13-12(18)3-2-5-15-13)16-17-14(21)19-7-9-20-10-8-19/h2-3,5H,4,6-10H2,1H3,(H,17,21)/b16-11-. The number of aromatic nitrogens is 1. The summed E-state index contributed by atoms with van der Waals surface area (Å²) in [7, 11) is 2.07.